The molecule has 0 aromatic carbocycles. The Labute approximate surface area is 97.8 Å². The van der Waals surface area contributed by atoms with Crippen molar-refractivity contribution in [1.82, 2.24) is 10.2 Å². The number of nitrogens with one attached hydrogen (secondary N) is 1. The molecule has 0 unspecified atom stereocenters. The molecule has 3 rings (SSSR count). The molecule has 1 saturated carbocycles. The van der Waals surface area contributed by atoms with Crippen molar-refractivity contribution in [3.8, 4) is 6.07 Å². The molecule has 2 atom stereocenters. The maximum Gasteiger partial charge on any atom is 0.0628 e. The van der Waals surface area contributed by atoms with Crippen LogP contribution in [0.15, 0.2) is 0 Å². The highest BCUT2D eigenvalue weighted by atomic mass is 15.2. The SMILES string of the molecule is N#CCC1(CN2C[C@@H]3CCCN[C@@H]3C2)CC1. The fraction of sp³-hybridized carbons (Fsp3) is 0.923. The van der Waals surface area contributed by atoms with Gasteiger partial charge in [-0.3, -0.25) is 0 Å². The van der Waals surface area contributed by atoms with E-state index in [0.717, 1.165) is 18.4 Å². The first-order valence-electron chi connectivity index (χ1n) is 6.64. The van der Waals surface area contributed by atoms with Crippen LogP contribution in [0, 0.1) is 22.7 Å². The van der Waals surface area contributed by atoms with E-state index in [1.54, 1.807) is 0 Å². The van der Waals surface area contributed by atoms with Crippen LogP contribution in [0.25, 0.3) is 0 Å². The number of rotatable bonds is 3. The van der Waals surface area contributed by atoms with Crippen LogP contribution in [0.2, 0.25) is 0 Å². The number of likely N-dealkylation sites (tertiary alicyclic amines) is 1. The second kappa shape index (κ2) is 4.01. The summed E-state index contributed by atoms with van der Waals surface area (Å²) < 4.78 is 0. The van der Waals surface area contributed by atoms with E-state index in [-0.39, 0.29) is 0 Å². The zero-order valence-electron chi connectivity index (χ0n) is 9.91. The quantitative estimate of drug-likeness (QED) is 0.779. The zero-order chi connectivity index (χ0) is 11.0. The van der Waals surface area contributed by atoms with Crippen molar-refractivity contribution < 1.29 is 0 Å². The van der Waals surface area contributed by atoms with Gasteiger partial charge in [0.2, 0.25) is 0 Å². The average Bonchev–Trinajstić information content (AvgIpc) is 2.91. The highest BCUT2D eigenvalue weighted by molar-refractivity contribution is 5.03. The Morgan fingerprint density at radius 3 is 2.94 bits per heavy atom. The minimum absolute atomic E-state index is 0.391. The fourth-order valence-corrected chi connectivity index (χ4v) is 3.47. The molecular formula is C13H21N3. The highest BCUT2D eigenvalue weighted by Gasteiger charge is 2.46. The normalized spacial score (nSPS) is 36.7. The molecule has 3 aliphatic rings. The van der Waals surface area contributed by atoms with Gasteiger partial charge in [-0.15, -0.1) is 0 Å². The lowest BCUT2D eigenvalue weighted by Crippen LogP contribution is -2.40. The Kier molecular flexibility index (Phi) is 2.65. The van der Waals surface area contributed by atoms with Gasteiger partial charge in [-0.1, -0.05) is 0 Å². The van der Waals surface area contributed by atoms with Gasteiger partial charge >= 0.3 is 0 Å². The second-order valence-corrected chi connectivity index (χ2v) is 5.99. The van der Waals surface area contributed by atoms with Crippen LogP contribution >= 0.6 is 0 Å². The molecule has 0 amide bonds. The molecule has 3 nitrogen and oxygen atoms in total. The largest absolute Gasteiger partial charge is 0.312 e. The number of piperidine rings is 1. The van der Waals surface area contributed by atoms with Crippen molar-refractivity contribution in [3.05, 3.63) is 0 Å². The summed E-state index contributed by atoms with van der Waals surface area (Å²) in [4.78, 5) is 2.61. The smallest absolute Gasteiger partial charge is 0.0628 e. The Hall–Kier alpha value is -0.590. The van der Waals surface area contributed by atoms with Gasteiger partial charge in [0.1, 0.15) is 0 Å². The van der Waals surface area contributed by atoms with Crippen LogP contribution in [0.4, 0.5) is 0 Å². The van der Waals surface area contributed by atoms with Gasteiger partial charge in [-0.05, 0) is 43.6 Å². The molecule has 3 heteroatoms. The predicted molar refractivity (Wildman–Crippen MR) is 62.9 cm³/mol. The number of fused-ring (bicyclic) bond motifs is 1. The molecule has 1 N–H and O–H groups in total. The van der Waals surface area contributed by atoms with E-state index in [2.05, 4.69) is 16.3 Å². The van der Waals surface area contributed by atoms with E-state index >= 15 is 0 Å². The summed E-state index contributed by atoms with van der Waals surface area (Å²) in [5.41, 5.74) is 0.391. The molecule has 3 fully saturated rings. The first-order chi connectivity index (χ1) is 7.81. The molecule has 0 bridgehead atoms. The predicted octanol–water partition coefficient (Wildman–Crippen LogP) is 1.36. The molecular weight excluding hydrogens is 198 g/mol. The highest BCUT2D eigenvalue weighted by Crippen LogP contribution is 2.49. The minimum atomic E-state index is 0.391. The van der Waals surface area contributed by atoms with Gasteiger partial charge in [-0.2, -0.15) is 5.26 Å². The fourth-order valence-electron chi connectivity index (χ4n) is 3.47. The van der Waals surface area contributed by atoms with E-state index < -0.39 is 0 Å². The van der Waals surface area contributed by atoms with Gasteiger partial charge in [0.15, 0.2) is 0 Å². The molecule has 0 aromatic heterocycles. The van der Waals surface area contributed by atoms with E-state index in [1.165, 1.54) is 51.9 Å². The minimum Gasteiger partial charge on any atom is -0.312 e. The topological polar surface area (TPSA) is 39.1 Å². The number of hydrogen-bond acceptors (Lipinski definition) is 3. The van der Waals surface area contributed by atoms with Gasteiger partial charge in [-0.25, -0.2) is 0 Å². The molecule has 0 spiro atoms. The van der Waals surface area contributed by atoms with Gasteiger partial charge in [0, 0.05) is 32.1 Å². The third-order valence-electron chi connectivity index (χ3n) is 4.65. The molecule has 0 aromatic rings. The van der Waals surface area contributed by atoms with Crippen molar-refractivity contribution in [2.45, 2.75) is 38.1 Å². The monoisotopic (exact) mass is 219 g/mol. The van der Waals surface area contributed by atoms with E-state index in [0.29, 0.717) is 5.41 Å². The van der Waals surface area contributed by atoms with Crippen LogP contribution in [0.5, 0.6) is 0 Å². The molecule has 16 heavy (non-hydrogen) atoms. The van der Waals surface area contributed by atoms with Gasteiger partial charge < -0.3 is 10.2 Å². The number of nitrogens with zero attached hydrogens (tertiary/aromatic N) is 2. The van der Waals surface area contributed by atoms with Crippen molar-refractivity contribution in [2.24, 2.45) is 11.3 Å². The summed E-state index contributed by atoms with van der Waals surface area (Å²) >= 11 is 0. The van der Waals surface area contributed by atoms with Crippen LogP contribution in [-0.2, 0) is 0 Å². The van der Waals surface area contributed by atoms with E-state index in [9.17, 15) is 0 Å². The first-order valence-corrected chi connectivity index (χ1v) is 6.64. The standard InChI is InChI=1S/C13H21N3/c14-6-5-13(3-4-13)10-16-8-11-2-1-7-15-12(11)9-16/h11-12,15H,1-5,7-10H2/t11-,12+/m0/s1. The average molecular weight is 219 g/mol. The van der Waals surface area contributed by atoms with E-state index in [1.807, 2.05) is 0 Å². The third-order valence-corrected chi connectivity index (χ3v) is 4.65. The van der Waals surface area contributed by atoms with Gasteiger partial charge in [0.05, 0.1) is 6.07 Å². The lowest BCUT2D eigenvalue weighted by molar-refractivity contribution is 0.255. The third kappa shape index (κ3) is 1.97. The lowest BCUT2D eigenvalue weighted by atomic mass is 9.94. The molecule has 2 heterocycles. The first kappa shape index (κ1) is 10.6. The maximum atomic E-state index is 8.84. The van der Waals surface area contributed by atoms with Crippen molar-refractivity contribution in [2.75, 3.05) is 26.2 Å². The summed E-state index contributed by atoms with van der Waals surface area (Å²) in [6.07, 6.45) is 6.07. The number of nitriles is 1. The summed E-state index contributed by atoms with van der Waals surface area (Å²) in [5, 5.41) is 12.5. The number of hydrogen-bond donors (Lipinski definition) is 1. The van der Waals surface area contributed by atoms with Gasteiger partial charge in [0.25, 0.3) is 0 Å². The zero-order valence-corrected chi connectivity index (χ0v) is 9.91. The van der Waals surface area contributed by atoms with Crippen molar-refractivity contribution >= 4 is 0 Å². The van der Waals surface area contributed by atoms with Crippen LogP contribution in [0.3, 0.4) is 0 Å². The Bertz CT molecular complexity index is 289. The Balaban J connectivity index is 1.56. The van der Waals surface area contributed by atoms with E-state index in [4.69, 9.17) is 5.26 Å². The molecule has 88 valence electrons. The Morgan fingerprint density at radius 2 is 2.25 bits per heavy atom. The Morgan fingerprint density at radius 1 is 1.38 bits per heavy atom. The second-order valence-electron chi connectivity index (χ2n) is 5.99. The van der Waals surface area contributed by atoms with Crippen LogP contribution in [0.1, 0.15) is 32.1 Å². The van der Waals surface area contributed by atoms with Crippen molar-refractivity contribution in [1.29, 1.82) is 5.26 Å². The van der Waals surface area contributed by atoms with Crippen LogP contribution < -0.4 is 5.32 Å². The summed E-state index contributed by atoms with van der Waals surface area (Å²) in [6, 6.07) is 3.11. The summed E-state index contributed by atoms with van der Waals surface area (Å²) in [6.45, 7) is 4.87. The molecule has 2 saturated heterocycles. The molecule has 1 aliphatic carbocycles. The summed E-state index contributed by atoms with van der Waals surface area (Å²) in [5.74, 6) is 0.881. The molecule has 2 aliphatic heterocycles. The lowest BCUT2D eigenvalue weighted by Gasteiger charge is -2.24. The van der Waals surface area contributed by atoms with Crippen LogP contribution in [-0.4, -0.2) is 37.1 Å². The van der Waals surface area contributed by atoms with Crippen molar-refractivity contribution in [3.63, 3.8) is 0 Å². The molecule has 0 radical (unpaired) electrons. The maximum absolute atomic E-state index is 8.84. The summed E-state index contributed by atoms with van der Waals surface area (Å²) in [7, 11) is 0.